The number of amides is 4. The Morgan fingerprint density at radius 2 is 1.10 bits per heavy atom. The van der Waals surface area contributed by atoms with Gasteiger partial charge >= 0.3 is 12.1 Å². The predicted molar refractivity (Wildman–Crippen MR) is 121 cm³/mol. The third-order valence-electron chi connectivity index (χ3n) is 6.82. The zero-order chi connectivity index (χ0) is 22.7. The van der Waals surface area contributed by atoms with Crippen molar-refractivity contribution in [1.29, 1.82) is 0 Å². The van der Waals surface area contributed by atoms with Crippen molar-refractivity contribution in [2.75, 3.05) is 6.54 Å². The van der Waals surface area contributed by atoms with Gasteiger partial charge in [0.2, 0.25) is 0 Å². The molecule has 3 fully saturated rings. The molecule has 3 rings (SSSR count). The van der Waals surface area contributed by atoms with Gasteiger partial charge in [-0.15, -0.1) is 0 Å². The summed E-state index contributed by atoms with van der Waals surface area (Å²) >= 11 is 0. The molecule has 30 heavy (non-hydrogen) atoms. The highest BCUT2D eigenvalue weighted by Crippen LogP contribution is 2.35. The molecule has 0 spiro atoms. The van der Waals surface area contributed by atoms with Crippen LogP contribution in [0.15, 0.2) is 0 Å². The van der Waals surface area contributed by atoms with Crippen LogP contribution in [0.4, 0.5) is 9.59 Å². The zero-order valence-corrected chi connectivity index (χ0v) is 20.5. The molecule has 0 aromatic carbocycles. The van der Waals surface area contributed by atoms with E-state index in [0.29, 0.717) is 6.54 Å². The monoisotopic (exact) mass is 421 g/mol. The Morgan fingerprint density at radius 1 is 0.700 bits per heavy atom. The largest absolute Gasteiger partial charge is 0.326 e. The smallest absolute Gasteiger partial charge is 0.319 e. The molecule has 1 atom stereocenters. The molecule has 0 aromatic rings. The van der Waals surface area contributed by atoms with E-state index >= 15 is 0 Å². The fourth-order valence-corrected chi connectivity index (χ4v) is 6.68. The topological polar surface area (TPSA) is 76.7 Å². The molecular weight excluding hydrogens is 378 g/mol. The van der Waals surface area contributed by atoms with Crippen LogP contribution >= 0.6 is 0 Å². The zero-order valence-electron chi connectivity index (χ0n) is 20.5. The van der Waals surface area contributed by atoms with Crippen LogP contribution in [0.2, 0.25) is 0 Å². The predicted octanol–water partition coefficient (Wildman–Crippen LogP) is 3.44. The van der Waals surface area contributed by atoms with Gasteiger partial charge in [-0.1, -0.05) is 0 Å². The summed E-state index contributed by atoms with van der Waals surface area (Å²) in [5.74, 6) is 0. The standard InChI is InChI=1S/C23H43N5O2/c1-15-14-27(16-10-20(2,3)25-21(4,5)11-16)18(29)24-19(30)28(15)17-12-22(6,7)26-23(8,9)13-17/h15-17,25-26H,10-14H2,1-9H3,(H,24,29,30). The first-order valence-corrected chi connectivity index (χ1v) is 11.5. The molecule has 3 saturated heterocycles. The minimum Gasteiger partial charge on any atom is -0.319 e. The summed E-state index contributed by atoms with van der Waals surface area (Å²) in [6.45, 7) is 20.2. The molecule has 7 heteroatoms. The highest BCUT2D eigenvalue weighted by atomic mass is 16.2. The molecule has 0 bridgehead atoms. The summed E-state index contributed by atoms with van der Waals surface area (Å²) in [5.41, 5.74) is -0.249. The lowest BCUT2D eigenvalue weighted by molar-refractivity contribution is 0.0512. The summed E-state index contributed by atoms with van der Waals surface area (Å²) in [4.78, 5) is 30.1. The van der Waals surface area contributed by atoms with Gasteiger partial charge < -0.3 is 20.4 Å². The highest BCUT2D eigenvalue weighted by Gasteiger charge is 2.47. The number of urea groups is 2. The molecule has 3 aliphatic rings. The van der Waals surface area contributed by atoms with Gasteiger partial charge in [0.25, 0.3) is 0 Å². The normalized spacial score (nSPS) is 32.0. The lowest BCUT2D eigenvalue weighted by Gasteiger charge is -2.51. The fourth-order valence-electron chi connectivity index (χ4n) is 6.68. The third kappa shape index (κ3) is 5.10. The summed E-state index contributed by atoms with van der Waals surface area (Å²) in [7, 11) is 0. The molecule has 0 radical (unpaired) electrons. The van der Waals surface area contributed by atoms with E-state index in [1.807, 2.05) is 9.80 Å². The van der Waals surface area contributed by atoms with Crippen LogP contribution < -0.4 is 16.0 Å². The number of hydrogen-bond donors (Lipinski definition) is 3. The first-order valence-electron chi connectivity index (χ1n) is 11.5. The number of piperidine rings is 2. The Labute approximate surface area is 182 Å². The third-order valence-corrected chi connectivity index (χ3v) is 6.82. The van der Waals surface area contributed by atoms with Gasteiger partial charge in [0.05, 0.1) is 0 Å². The van der Waals surface area contributed by atoms with E-state index < -0.39 is 0 Å². The average molecular weight is 422 g/mol. The van der Waals surface area contributed by atoms with Crippen LogP contribution in [0, 0.1) is 0 Å². The SMILES string of the molecule is CC1CN(C2CC(C)(C)NC(C)(C)C2)C(=O)NC(=O)N1C1CC(C)(C)NC(C)(C)C1. The van der Waals surface area contributed by atoms with Crippen LogP contribution in [-0.4, -0.2) is 68.7 Å². The molecule has 3 heterocycles. The Kier molecular flexibility index (Phi) is 5.73. The van der Waals surface area contributed by atoms with E-state index in [1.165, 1.54) is 0 Å². The summed E-state index contributed by atoms with van der Waals surface area (Å²) in [6, 6.07) is -0.333. The van der Waals surface area contributed by atoms with Crippen LogP contribution in [0.3, 0.4) is 0 Å². The molecule has 172 valence electrons. The van der Waals surface area contributed by atoms with E-state index in [1.54, 1.807) is 0 Å². The first-order chi connectivity index (χ1) is 13.5. The van der Waals surface area contributed by atoms with Crippen molar-refractivity contribution in [2.24, 2.45) is 0 Å². The molecule has 4 amide bonds. The van der Waals surface area contributed by atoms with E-state index in [-0.39, 0.29) is 52.3 Å². The first kappa shape index (κ1) is 23.3. The van der Waals surface area contributed by atoms with Crippen molar-refractivity contribution in [3.8, 4) is 0 Å². The van der Waals surface area contributed by atoms with E-state index in [9.17, 15) is 9.59 Å². The maximum Gasteiger partial charge on any atom is 0.326 e. The number of carbonyl (C=O) groups is 2. The molecule has 0 aliphatic carbocycles. The summed E-state index contributed by atoms with van der Waals surface area (Å²) in [5, 5.41) is 10.1. The summed E-state index contributed by atoms with van der Waals surface area (Å²) in [6.07, 6.45) is 3.49. The van der Waals surface area contributed by atoms with Crippen LogP contribution in [0.1, 0.15) is 88.0 Å². The quantitative estimate of drug-likeness (QED) is 0.638. The van der Waals surface area contributed by atoms with Crippen molar-refractivity contribution in [2.45, 2.75) is 128 Å². The maximum atomic E-state index is 13.2. The molecule has 0 aromatic heterocycles. The minimum absolute atomic E-state index is 0.0349. The Hall–Kier alpha value is -1.34. The molecule has 7 nitrogen and oxygen atoms in total. The number of hydrogen-bond acceptors (Lipinski definition) is 4. The molecule has 1 unspecified atom stereocenters. The Bertz CT molecular complexity index is 668. The van der Waals surface area contributed by atoms with Gasteiger partial charge in [0.15, 0.2) is 0 Å². The Balaban J connectivity index is 1.84. The van der Waals surface area contributed by atoms with Crippen LogP contribution in [-0.2, 0) is 0 Å². The molecule has 0 saturated carbocycles. The van der Waals surface area contributed by atoms with Crippen LogP contribution in [0.25, 0.3) is 0 Å². The van der Waals surface area contributed by atoms with Gasteiger partial charge in [0.1, 0.15) is 0 Å². The van der Waals surface area contributed by atoms with E-state index in [2.05, 4.69) is 78.3 Å². The molecular formula is C23H43N5O2. The molecule has 3 N–H and O–H groups in total. The minimum atomic E-state index is -0.250. The van der Waals surface area contributed by atoms with Gasteiger partial charge in [-0.2, -0.15) is 0 Å². The lowest BCUT2D eigenvalue weighted by Crippen LogP contribution is -2.64. The number of nitrogens with one attached hydrogen (secondary N) is 3. The highest BCUT2D eigenvalue weighted by molar-refractivity contribution is 5.94. The van der Waals surface area contributed by atoms with Crippen molar-refractivity contribution >= 4 is 12.1 Å². The second kappa shape index (κ2) is 7.37. The van der Waals surface area contributed by atoms with Crippen LogP contribution in [0.5, 0.6) is 0 Å². The van der Waals surface area contributed by atoms with Gasteiger partial charge in [0, 0.05) is 46.8 Å². The number of rotatable bonds is 2. The number of carbonyl (C=O) groups excluding carboxylic acids is 2. The summed E-state index contributed by atoms with van der Waals surface area (Å²) < 4.78 is 0. The molecule has 3 aliphatic heterocycles. The van der Waals surface area contributed by atoms with E-state index in [4.69, 9.17) is 0 Å². The number of imide groups is 1. The second-order valence-corrected chi connectivity index (χ2v) is 12.6. The lowest BCUT2D eigenvalue weighted by atomic mass is 9.78. The van der Waals surface area contributed by atoms with Crippen molar-refractivity contribution < 1.29 is 9.59 Å². The van der Waals surface area contributed by atoms with Crippen molar-refractivity contribution in [3.05, 3.63) is 0 Å². The Morgan fingerprint density at radius 3 is 1.53 bits per heavy atom. The number of nitrogens with zero attached hydrogens (tertiary/aromatic N) is 2. The van der Waals surface area contributed by atoms with E-state index in [0.717, 1.165) is 25.7 Å². The van der Waals surface area contributed by atoms with Gasteiger partial charge in [-0.3, -0.25) is 5.32 Å². The van der Waals surface area contributed by atoms with Gasteiger partial charge in [-0.25, -0.2) is 9.59 Å². The average Bonchev–Trinajstić information content (AvgIpc) is 2.56. The van der Waals surface area contributed by atoms with Crippen molar-refractivity contribution in [1.82, 2.24) is 25.8 Å². The van der Waals surface area contributed by atoms with Crippen molar-refractivity contribution in [3.63, 3.8) is 0 Å². The second-order valence-electron chi connectivity index (χ2n) is 12.6. The van der Waals surface area contributed by atoms with Gasteiger partial charge in [-0.05, 0) is 88.0 Å². The maximum absolute atomic E-state index is 13.2. The fraction of sp³-hybridized carbons (Fsp3) is 0.913.